The van der Waals surface area contributed by atoms with Crippen LogP contribution < -0.4 is 10.5 Å². The van der Waals surface area contributed by atoms with Crippen molar-refractivity contribution in [3.8, 4) is 5.75 Å². The summed E-state index contributed by atoms with van der Waals surface area (Å²) in [4.78, 5) is 26.0. The SMILES string of the molecule is C[C@@H](Oc1ccccc1)C(=O)N1CCCC[C@@H]1c1cc(C(N)=O)n[nH]1. The van der Waals surface area contributed by atoms with Gasteiger partial charge in [-0.15, -0.1) is 0 Å². The van der Waals surface area contributed by atoms with E-state index in [1.165, 1.54) is 0 Å². The molecule has 2 heterocycles. The third-order valence-electron chi connectivity index (χ3n) is 4.40. The maximum atomic E-state index is 12.9. The van der Waals surface area contributed by atoms with Gasteiger partial charge in [0.05, 0.1) is 11.7 Å². The molecule has 0 saturated carbocycles. The summed E-state index contributed by atoms with van der Waals surface area (Å²) in [5, 5.41) is 6.77. The molecule has 1 aromatic heterocycles. The highest BCUT2D eigenvalue weighted by atomic mass is 16.5. The molecule has 0 spiro atoms. The molecule has 3 rings (SSSR count). The summed E-state index contributed by atoms with van der Waals surface area (Å²) >= 11 is 0. The van der Waals surface area contributed by atoms with E-state index in [1.807, 2.05) is 30.3 Å². The van der Waals surface area contributed by atoms with Crippen molar-refractivity contribution in [2.45, 2.75) is 38.3 Å². The lowest BCUT2D eigenvalue weighted by Crippen LogP contribution is -2.45. The maximum absolute atomic E-state index is 12.9. The second-order valence-electron chi connectivity index (χ2n) is 6.19. The number of nitrogens with zero attached hydrogens (tertiary/aromatic N) is 2. The zero-order valence-electron chi connectivity index (χ0n) is 14.1. The van der Waals surface area contributed by atoms with Crippen molar-refractivity contribution in [2.75, 3.05) is 6.54 Å². The van der Waals surface area contributed by atoms with Crippen molar-refractivity contribution in [1.29, 1.82) is 0 Å². The second-order valence-corrected chi connectivity index (χ2v) is 6.19. The number of nitrogens with two attached hydrogens (primary N) is 1. The topological polar surface area (TPSA) is 101 Å². The van der Waals surface area contributed by atoms with Gasteiger partial charge < -0.3 is 15.4 Å². The first-order valence-electron chi connectivity index (χ1n) is 8.43. The summed E-state index contributed by atoms with van der Waals surface area (Å²) in [5.41, 5.74) is 6.18. The number of aromatic amines is 1. The van der Waals surface area contributed by atoms with E-state index in [4.69, 9.17) is 10.5 Å². The largest absolute Gasteiger partial charge is 0.481 e. The van der Waals surface area contributed by atoms with Crippen LogP contribution in [0.25, 0.3) is 0 Å². The molecule has 1 saturated heterocycles. The van der Waals surface area contributed by atoms with Gasteiger partial charge in [-0.05, 0) is 44.4 Å². The molecule has 0 radical (unpaired) electrons. The fourth-order valence-electron chi connectivity index (χ4n) is 3.14. The van der Waals surface area contributed by atoms with Crippen molar-refractivity contribution < 1.29 is 14.3 Å². The Morgan fingerprint density at radius 1 is 1.32 bits per heavy atom. The number of amides is 2. The van der Waals surface area contributed by atoms with Crippen LogP contribution in [0.1, 0.15) is 48.4 Å². The fourth-order valence-corrected chi connectivity index (χ4v) is 3.14. The third kappa shape index (κ3) is 3.81. The lowest BCUT2D eigenvalue weighted by Gasteiger charge is -2.36. The van der Waals surface area contributed by atoms with E-state index >= 15 is 0 Å². The molecule has 0 bridgehead atoms. The van der Waals surface area contributed by atoms with Gasteiger partial charge in [-0.3, -0.25) is 14.7 Å². The summed E-state index contributed by atoms with van der Waals surface area (Å²) in [6.07, 6.45) is 2.16. The number of hydrogen-bond donors (Lipinski definition) is 2. The highest BCUT2D eigenvalue weighted by Gasteiger charge is 2.32. The van der Waals surface area contributed by atoms with E-state index in [2.05, 4.69) is 10.2 Å². The Morgan fingerprint density at radius 3 is 2.76 bits per heavy atom. The van der Waals surface area contributed by atoms with Crippen LogP contribution in [0.4, 0.5) is 0 Å². The first-order valence-corrected chi connectivity index (χ1v) is 8.43. The standard InChI is InChI=1S/C18H22N4O3/c1-12(25-13-7-3-2-4-8-13)18(24)22-10-6-5-9-16(22)14-11-15(17(19)23)21-20-14/h2-4,7-8,11-12,16H,5-6,9-10H2,1H3,(H2,19,23)(H,20,21)/t12-,16-/m1/s1. The average molecular weight is 342 g/mol. The molecular formula is C18H22N4O3. The van der Waals surface area contributed by atoms with E-state index in [0.29, 0.717) is 12.3 Å². The molecule has 2 amide bonds. The minimum absolute atomic E-state index is 0.0798. The number of H-pyrrole nitrogens is 1. The number of para-hydroxylation sites is 1. The Morgan fingerprint density at radius 2 is 2.08 bits per heavy atom. The number of ether oxygens (including phenoxy) is 1. The maximum Gasteiger partial charge on any atom is 0.269 e. The molecule has 2 aromatic rings. The highest BCUT2D eigenvalue weighted by molar-refractivity contribution is 5.90. The van der Waals surface area contributed by atoms with E-state index in [1.54, 1.807) is 17.9 Å². The Kier molecular flexibility index (Phi) is 5.02. The molecule has 132 valence electrons. The summed E-state index contributed by atoms with van der Waals surface area (Å²) in [6, 6.07) is 10.8. The van der Waals surface area contributed by atoms with E-state index in [0.717, 1.165) is 25.0 Å². The van der Waals surface area contributed by atoms with Gasteiger partial charge in [0.25, 0.3) is 11.8 Å². The van der Waals surface area contributed by atoms with Gasteiger partial charge in [0.15, 0.2) is 6.10 Å². The lowest BCUT2D eigenvalue weighted by molar-refractivity contribution is -0.142. The van der Waals surface area contributed by atoms with Crippen molar-refractivity contribution in [2.24, 2.45) is 5.73 Å². The van der Waals surface area contributed by atoms with Gasteiger partial charge in [0, 0.05) is 6.54 Å². The molecule has 7 nitrogen and oxygen atoms in total. The van der Waals surface area contributed by atoms with Gasteiger partial charge >= 0.3 is 0 Å². The fraction of sp³-hybridized carbons (Fsp3) is 0.389. The molecule has 0 aliphatic carbocycles. The molecule has 1 aliphatic heterocycles. The van der Waals surface area contributed by atoms with E-state index in [9.17, 15) is 9.59 Å². The monoisotopic (exact) mass is 342 g/mol. The van der Waals surface area contributed by atoms with Gasteiger partial charge in [0.1, 0.15) is 11.4 Å². The quantitative estimate of drug-likeness (QED) is 0.868. The number of nitrogens with one attached hydrogen (secondary N) is 1. The van der Waals surface area contributed by atoms with Crippen molar-refractivity contribution >= 4 is 11.8 Å². The molecule has 1 aliphatic rings. The van der Waals surface area contributed by atoms with Crippen molar-refractivity contribution in [1.82, 2.24) is 15.1 Å². The number of aromatic nitrogens is 2. The van der Waals surface area contributed by atoms with Gasteiger partial charge in [0.2, 0.25) is 0 Å². The van der Waals surface area contributed by atoms with Crippen LogP contribution in [0.3, 0.4) is 0 Å². The summed E-state index contributed by atoms with van der Waals surface area (Å²) in [7, 11) is 0. The lowest BCUT2D eigenvalue weighted by atomic mass is 9.98. The molecule has 7 heteroatoms. The molecule has 1 fully saturated rings. The van der Waals surface area contributed by atoms with Crippen molar-refractivity contribution in [3.05, 3.63) is 47.8 Å². The smallest absolute Gasteiger partial charge is 0.269 e. The summed E-state index contributed by atoms with van der Waals surface area (Å²) in [5.74, 6) is -0.00444. The number of piperidine rings is 1. The van der Waals surface area contributed by atoms with Crippen LogP contribution >= 0.6 is 0 Å². The third-order valence-corrected chi connectivity index (χ3v) is 4.40. The second kappa shape index (κ2) is 7.38. The number of hydrogen-bond acceptors (Lipinski definition) is 4. The molecule has 1 aromatic carbocycles. The Labute approximate surface area is 146 Å². The van der Waals surface area contributed by atoms with Crippen LogP contribution in [0, 0.1) is 0 Å². The first-order chi connectivity index (χ1) is 12.1. The average Bonchev–Trinajstić information content (AvgIpc) is 3.12. The minimum Gasteiger partial charge on any atom is -0.481 e. The molecule has 2 atom stereocenters. The zero-order valence-corrected chi connectivity index (χ0v) is 14.1. The van der Waals surface area contributed by atoms with Crippen LogP contribution in [0.5, 0.6) is 5.75 Å². The summed E-state index contributed by atoms with van der Waals surface area (Å²) in [6.45, 7) is 2.40. The number of likely N-dealkylation sites (tertiary alicyclic amines) is 1. The van der Waals surface area contributed by atoms with E-state index < -0.39 is 12.0 Å². The summed E-state index contributed by atoms with van der Waals surface area (Å²) < 4.78 is 5.77. The van der Waals surface area contributed by atoms with Crippen LogP contribution in [-0.4, -0.2) is 39.6 Å². The Bertz CT molecular complexity index is 744. The normalized spacial score (nSPS) is 18.6. The van der Waals surface area contributed by atoms with Crippen LogP contribution in [-0.2, 0) is 4.79 Å². The van der Waals surface area contributed by atoms with Crippen LogP contribution in [0.2, 0.25) is 0 Å². The number of carbonyl (C=O) groups is 2. The first kappa shape index (κ1) is 17.0. The number of rotatable bonds is 5. The molecule has 25 heavy (non-hydrogen) atoms. The number of primary amides is 1. The Hall–Kier alpha value is -2.83. The van der Waals surface area contributed by atoms with Crippen LogP contribution in [0.15, 0.2) is 36.4 Å². The zero-order chi connectivity index (χ0) is 17.8. The number of benzene rings is 1. The molecule has 0 unspecified atom stereocenters. The minimum atomic E-state index is -0.596. The molecule has 3 N–H and O–H groups in total. The predicted molar refractivity (Wildman–Crippen MR) is 91.9 cm³/mol. The van der Waals surface area contributed by atoms with Gasteiger partial charge in [-0.2, -0.15) is 5.10 Å². The van der Waals surface area contributed by atoms with Gasteiger partial charge in [-0.1, -0.05) is 18.2 Å². The van der Waals surface area contributed by atoms with E-state index in [-0.39, 0.29) is 17.6 Å². The Balaban J connectivity index is 1.75. The molecular weight excluding hydrogens is 320 g/mol. The highest BCUT2D eigenvalue weighted by Crippen LogP contribution is 2.31. The van der Waals surface area contributed by atoms with Crippen molar-refractivity contribution in [3.63, 3.8) is 0 Å². The van der Waals surface area contributed by atoms with Gasteiger partial charge in [-0.25, -0.2) is 0 Å². The number of carbonyl (C=O) groups excluding carboxylic acids is 2. The predicted octanol–water partition coefficient (Wildman–Crippen LogP) is 2.03.